The molecule has 60 heteroatoms. The molecule has 2 aromatic carbocycles. The molecule has 59 nitrogen and oxygen atoms in total. The fraction of sp³-hybridized carbons (Fsp3) is 0.567. The van der Waals surface area contributed by atoms with E-state index in [1.165, 1.54) is 90.1 Å². The van der Waals surface area contributed by atoms with E-state index in [2.05, 4.69) is 103 Å². The summed E-state index contributed by atoms with van der Waals surface area (Å²) in [5, 5.41) is 122. The molecule has 0 radical (unpaired) electrons. The highest BCUT2D eigenvalue weighted by Crippen LogP contribution is 2.19. The highest BCUT2D eigenvalue weighted by Gasteiger charge is 2.43. The van der Waals surface area contributed by atoms with Gasteiger partial charge in [0.05, 0.1) is 50.9 Å². The van der Waals surface area contributed by atoms with Gasteiger partial charge in [0.2, 0.25) is 136 Å². The van der Waals surface area contributed by atoms with Gasteiger partial charge in [0.1, 0.15) is 126 Å². The van der Waals surface area contributed by atoms with Crippen molar-refractivity contribution in [2.24, 2.45) is 46.4 Å². The van der Waals surface area contributed by atoms with E-state index in [1.54, 1.807) is 6.92 Å². The van der Waals surface area contributed by atoms with Gasteiger partial charge in [-0.25, -0.2) is 4.79 Å². The van der Waals surface area contributed by atoms with E-state index in [9.17, 15) is 170 Å². The lowest BCUT2D eigenvalue weighted by atomic mass is 9.95. The second kappa shape index (κ2) is 63.5. The maximum absolute atomic E-state index is 14.8. The predicted octanol–water partition coefficient (Wildman–Crippen LogP) is -12.6. The number of aliphatic carboxylic acids is 4. The second-order valence-electron chi connectivity index (χ2n) is 35.7. The number of carbonyl (C=O) groups excluding carboxylic acids is 23. The van der Waals surface area contributed by atoms with E-state index in [0.29, 0.717) is 0 Å². The first kappa shape index (κ1) is 130. The van der Waals surface area contributed by atoms with Crippen molar-refractivity contribution < 1.29 is 170 Å². The van der Waals surface area contributed by atoms with Crippen LogP contribution in [0.2, 0.25) is 0 Å². The third-order valence-electron chi connectivity index (χ3n) is 22.7. The number of aliphatic hydroxyl groups is 2. The maximum Gasteiger partial charge on any atom is 0.328 e. The van der Waals surface area contributed by atoms with Crippen LogP contribution in [0.1, 0.15) is 165 Å². The normalized spacial score (nSPS) is 15.6. The van der Waals surface area contributed by atoms with Gasteiger partial charge in [0.15, 0.2) is 0 Å². The number of amides is 23. The zero-order valence-corrected chi connectivity index (χ0v) is 84.9. The summed E-state index contributed by atoms with van der Waals surface area (Å²) in [5.74, 6) is -38.5. The fourth-order valence-corrected chi connectivity index (χ4v) is 13.8. The number of hydrogen-bond donors (Lipinski definition) is 33. The Morgan fingerprint density at radius 1 is 0.287 bits per heavy atom. The zero-order valence-electron chi connectivity index (χ0n) is 84.0. The summed E-state index contributed by atoms with van der Waals surface area (Å²) >= 11 is 4.23. The SMILES string of the molecule is CC[C@H](C)[C@H](NC(=O)[C@H](CC(N)=O)NC(=O)[C@@H](NC(=O)[C@@H](NC(=O)[C@H](C)NC(=O)[C@H](C)NC(=O)[C@H](CC(=O)O)NC(=O)[C@H](CCC(N)=O)NC(=O)[C@H](CCC(N)=O)NC(=O)[C@H](CS)NC(=O)[C@H](Cc1ccc(O)cc1)NC(=O)[C@H](Cc1ccc(O)cc1)NC(=O)[C@@H](NC(=O)[C@H](C)NC(=O)[C@H](C)NC(=O)[C@H](CC(=O)O)NC(=O)[C@H](C)N)[C@@H](C)O)C(C)C)[C@@H](C)CC)C(=O)N[C@@H](CC(=O)O)C(=O)N[C@@H](CC(N)=O)C(=O)N[C@@H](CO)C(=O)O. The number of aromatic hydroxyl groups is 2. The average Bonchev–Trinajstić information content (AvgIpc) is 0.842. The Balaban J connectivity index is 2.48. The number of benzene rings is 2. The van der Waals surface area contributed by atoms with Crippen LogP contribution in [0.3, 0.4) is 0 Å². The van der Waals surface area contributed by atoms with E-state index >= 15 is 0 Å². The molecule has 0 aliphatic rings. The van der Waals surface area contributed by atoms with Crippen molar-refractivity contribution in [3.63, 3.8) is 0 Å². The number of aliphatic hydroxyl groups excluding tert-OH is 2. The molecule has 0 fully saturated rings. The number of thiol groups is 1. The molecule has 2 aromatic rings. The standard InChI is InChI=1S/C90H136N24O35S/c1-13-37(5)68(87(145)108-57(33-66(127)128)83(141)104-53(29-62(94)121)82(140)109-58(34-115)90(148)149)112-84(142)54(30-63(95)122)107-88(146)69(38(6)14-2)113-86(144)67(36(3)4)111-74(132)42(10)96-72(130)41(9)99-79(137)56(32-65(125)126)105-77(135)50(24-26-61(93)120)100-76(134)49(23-25-60(92)119)101-85(143)59(35-150)110-81(139)51(27-45-15-19-47(117)20-16-45)103-80(138)52(28-46-17-21-48(118)22-18-46)106-89(147)70(44(12)116)114-75(133)43(11)97-73(131)40(8)98-78(136)55(31-64(123)124)102-71(129)39(7)91/h15-22,36-44,49-59,67-70,115-118,150H,13-14,23-35,91H2,1-12H3,(H2,92,119)(H2,93,120)(H2,94,121)(H2,95,122)(H,96,130)(H,97,131)(H,98,136)(H,99,137)(H,100,134)(H,101,143)(H,102,129)(H,103,138)(H,104,141)(H,105,135)(H,106,147)(H,107,146)(H,108,145)(H,109,140)(H,110,139)(H,111,132)(H,112,142)(H,113,144)(H,114,133)(H,123,124)(H,125,126)(H,127,128)(H,148,149)/t37-,38-,39-,40-,41-,42-,43-,44+,49-,50-,51-,52-,53-,54-,55-,56-,57-,58-,59-,67-,68-,69-,70-/m0/s1. The van der Waals surface area contributed by atoms with Crippen molar-refractivity contribution >= 4 is 172 Å². The van der Waals surface area contributed by atoms with Crippen LogP contribution in [-0.4, -0.2) is 340 Å². The Bertz CT molecular complexity index is 5190. The summed E-state index contributed by atoms with van der Waals surface area (Å²) in [6, 6.07) is -25.9. The summed E-state index contributed by atoms with van der Waals surface area (Å²) in [4.78, 5) is 361. The monoisotopic (exact) mass is 2140 g/mol. The van der Waals surface area contributed by atoms with Crippen molar-refractivity contribution in [1.82, 2.24) is 101 Å². The summed E-state index contributed by atoms with van der Waals surface area (Å²) in [5.41, 5.74) is 27.6. The molecule has 2 rings (SSSR count). The van der Waals surface area contributed by atoms with Crippen LogP contribution in [0.4, 0.5) is 0 Å². The molecule has 0 aromatic heterocycles. The van der Waals surface area contributed by atoms with E-state index < -0.39 is 387 Å². The molecule has 832 valence electrons. The summed E-state index contributed by atoms with van der Waals surface area (Å²) < 4.78 is 0. The highest BCUT2D eigenvalue weighted by atomic mass is 32.1. The quantitative estimate of drug-likeness (QED) is 0.0274. The van der Waals surface area contributed by atoms with Gasteiger partial charge in [-0.05, 0) is 108 Å². The number of rotatable bonds is 67. The van der Waals surface area contributed by atoms with Gasteiger partial charge in [-0.3, -0.25) is 125 Å². The van der Waals surface area contributed by atoms with Crippen LogP contribution in [0, 0.1) is 17.8 Å². The van der Waals surface area contributed by atoms with Gasteiger partial charge in [-0.1, -0.05) is 78.6 Å². The lowest BCUT2D eigenvalue weighted by Crippen LogP contribution is -2.62. The molecule has 0 bridgehead atoms. The average molecular weight is 2150 g/mol. The molecule has 23 amide bonds. The molecule has 0 heterocycles. The summed E-state index contributed by atoms with van der Waals surface area (Å²) in [6.07, 6.45) is -11.0. The molecular formula is C90H136N24O35S. The number of phenols is 2. The molecule has 0 spiro atoms. The van der Waals surface area contributed by atoms with Crippen molar-refractivity contribution in [2.45, 2.75) is 293 Å². The molecular weight excluding hydrogens is 2010 g/mol. The minimum atomic E-state index is -2.18. The molecule has 0 aliphatic heterocycles. The minimum Gasteiger partial charge on any atom is -0.508 e. The highest BCUT2D eigenvalue weighted by molar-refractivity contribution is 7.80. The van der Waals surface area contributed by atoms with E-state index in [0.717, 1.165) is 34.6 Å². The van der Waals surface area contributed by atoms with Crippen LogP contribution < -0.4 is 130 Å². The number of nitrogens with two attached hydrogens (primary N) is 5. The lowest BCUT2D eigenvalue weighted by Gasteiger charge is -2.31. The first-order valence-corrected chi connectivity index (χ1v) is 47.5. The van der Waals surface area contributed by atoms with Crippen molar-refractivity contribution in [1.29, 1.82) is 0 Å². The number of carboxylic acid groups (broad SMARTS) is 4. The lowest BCUT2D eigenvalue weighted by molar-refractivity contribution is -0.144. The maximum atomic E-state index is 14.8. The Kier molecular flexibility index (Phi) is 55.0. The smallest absolute Gasteiger partial charge is 0.328 e. The number of phenolic OH excluding ortho intramolecular Hbond substituents is 2. The van der Waals surface area contributed by atoms with Crippen molar-refractivity contribution in [2.75, 3.05) is 12.4 Å². The van der Waals surface area contributed by atoms with Crippen LogP contribution in [0.25, 0.3) is 0 Å². The fourth-order valence-electron chi connectivity index (χ4n) is 13.6. The topological polar surface area (TPSA) is 981 Å². The van der Waals surface area contributed by atoms with Gasteiger partial charge >= 0.3 is 23.9 Å². The largest absolute Gasteiger partial charge is 0.508 e. The van der Waals surface area contributed by atoms with Crippen molar-refractivity contribution in [3.8, 4) is 11.5 Å². The zero-order chi connectivity index (χ0) is 114. The number of nitrogens with one attached hydrogen (secondary N) is 19. The van der Waals surface area contributed by atoms with Crippen LogP contribution in [0.15, 0.2) is 48.5 Å². The van der Waals surface area contributed by atoms with Gasteiger partial charge in [0.25, 0.3) is 0 Å². The van der Waals surface area contributed by atoms with Crippen molar-refractivity contribution in [3.05, 3.63) is 59.7 Å². The molecule has 0 unspecified atom stereocenters. The van der Waals surface area contributed by atoms with E-state index in [4.69, 9.17) is 28.7 Å². The third kappa shape index (κ3) is 45.9. The summed E-state index contributed by atoms with van der Waals surface area (Å²) in [7, 11) is 0. The molecule has 37 N–H and O–H groups in total. The number of primary amides is 4. The molecule has 0 aliphatic carbocycles. The molecule has 150 heavy (non-hydrogen) atoms. The molecule has 23 atom stereocenters. The van der Waals surface area contributed by atoms with Crippen LogP contribution in [0.5, 0.6) is 11.5 Å². The molecule has 0 saturated carbocycles. The van der Waals surface area contributed by atoms with Gasteiger partial charge < -0.3 is 171 Å². The van der Waals surface area contributed by atoms with Gasteiger partial charge in [-0.15, -0.1) is 0 Å². The first-order valence-electron chi connectivity index (χ1n) is 46.9. The Morgan fingerprint density at radius 2 is 0.527 bits per heavy atom. The predicted molar refractivity (Wildman–Crippen MR) is 522 cm³/mol. The Labute approximate surface area is 863 Å². The molecule has 0 saturated heterocycles. The first-order chi connectivity index (χ1) is 69.9. The van der Waals surface area contributed by atoms with E-state index in [1.807, 2.05) is 10.6 Å². The van der Waals surface area contributed by atoms with Gasteiger partial charge in [-0.2, -0.15) is 12.6 Å². The summed E-state index contributed by atoms with van der Waals surface area (Å²) in [6.45, 7) is 14.4. The van der Waals surface area contributed by atoms with Crippen LogP contribution >= 0.6 is 12.6 Å². The number of hydrogen-bond acceptors (Lipinski definition) is 33. The van der Waals surface area contributed by atoms with Crippen LogP contribution in [-0.2, 0) is 142 Å². The Hall–Kier alpha value is -16.0. The third-order valence-corrected chi connectivity index (χ3v) is 23.1. The Morgan fingerprint density at radius 3 is 0.833 bits per heavy atom. The van der Waals surface area contributed by atoms with E-state index in [-0.39, 0.29) is 35.5 Å². The van der Waals surface area contributed by atoms with Gasteiger partial charge in [0, 0.05) is 31.4 Å². The second-order valence-corrected chi connectivity index (χ2v) is 36.0. The number of carboxylic acids is 4. The minimum absolute atomic E-state index is 0.0511. The number of carbonyl (C=O) groups is 27.